The Morgan fingerprint density at radius 3 is 2.95 bits per heavy atom. The van der Waals surface area contributed by atoms with E-state index in [4.69, 9.17) is 11.6 Å². The number of hydrogen-bond donors (Lipinski definition) is 1. The van der Waals surface area contributed by atoms with Crippen molar-refractivity contribution in [2.24, 2.45) is 0 Å². The molecule has 0 saturated carbocycles. The zero-order valence-electron chi connectivity index (χ0n) is 10.6. The summed E-state index contributed by atoms with van der Waals surface area (Å²) in [5, 5.41) is 6.59. The number of aromatic amines is 1. The SMILES string of the molecule is Cc1nc(SCn2nc3ccccc3c2Cl)cc(=O)[nH]1. The van der Waals surface area contributed by atoms with E-state index >= 15 is 0 Å². The van der Waals surface area contributed by atoms with Gasteiger partial charge in [0, 0.05) is 11.5 Å². The molecule has 0 aliphatic heterocycles. The van der Waals surface area contributed by atoms with Crippen molar-refractivity contribution in [2.45, 2.75) is 17.8 Å². The minimum Gasteiger partial charge on any atom is -0.311 e. The number of rotatable bonds is 3. The van der Waals surface area contributed by atoms with Crippen LogP contribution in [0.4, 0.5) is 0 Å². The van der Waals surface area contributed by atoms with Gasteiger partial charge in [-0.15, -0.1) is 0 Å². The highest BCUT2D eigenvalue weighted by Gasteiger charge is 2.09. The highest BCUT2D eigenvalue weighted by atomic mass is 35.5. The normalized spacial score (nSPS) is 11.1. The predicted molar refractivity (Wildman–Crippen MR) is 80.2 cm³/mol. The van der Waals surface area contributed by atoms with Crippen LogP contribution in [0.2, 0.25) is 5.15 Å². The van der Waals surface area contributed by atoms with Crippen LogP contribution >= 0.6 is 23.4 Å². The van der Waals surface area contributed by atoms with E-state index in [-0.39, 0.29) is 5.56 Å². The summed E-state index contributed by atoms with van der Waals surface area (Å²) in [6.07, 6.45) is 0. The number of benzene rings is 1. The van der Waals surface area contributed by atoms with Crippen LogP contribution in [0.3, 0.4) is 0 Å². The van der Waals surface area contributed by atoms with Gasteiger partial charge in [-0.3, -0.25) is 4.79 Å². The Bertz CT molecular complexity index is 827. The van der Waals surface area contributed by atoms with Gasteiger partial charge < -0.3 is 4.98 Å². The van der Waals surface area contributed by atoms with Crippen molar-refractivity contribution < 1.29 is 0 Å². The van der Waals surface area contributed by atoms with Gasteiger partial charge in [-0.1, -0.05) is 35.5 Å². The second-order valence-electron chi connectivity index (χ2n) is 4.25. The smallest absolute Gasteiger partial charge is 0.251 e. The molecule has 0 spiro atoms. The summed E-state index contributed by atoms with van der Waals surface area (Å²) in [6, 6.07) is 9.16. The quantitative estimate of drug-likeness (QED) is 0.597. The summed E-state index contributed by atoms with van der Waals surface area (Å²) in [5.74, 6) is 1.10. The van der Waals surface area contributed by atoms with Gasteiger partial charge in [-0.2, -0.15) is 5.10 Å². The number of nitrogens with zero attached hydrogens (tertiary/aromatic N) is 3. The minimum absolute atomic E-state index is 0.156. The second-order valence-corrected chi connectivity index (χ2v) is 5.57. The molecule has 0 aliphatic rings. The summed E-state index contributed by atoms with van der Waals surface area (Å²) in [7, 11) is 0. The largest absolute Gasteiger partial charge is 0.311 e. The van der Waals surface area contributed by atoms with Crippen LogP contribution in [-0.4, -0.2) is 19.7 Å². The lowest BCUT2D eigenvalue weighted by atomic mass is 10.3. The van der Waals surface area contributed by atoms with Crippen LogP contribution in [-0.2, 0) is 5.88 Å². The summed E-state index contributed by atoms with van der Waals surface area (Å²) < 4.78 is 1.70. The first-order chi connectivity index (χ1) is 9.63. The highest BCUT2D eigenvalue weighted by molar-refractivity contribution is 7.98. The Morgan fingerprint density at radius 1 is 1.40 bits per heavy atom. The van der Waals surface area contributed by atoms with Gasteiger partial charge in [0.25, 0.3) is 5.56 Å². The summed E-state index contributed by atoms with van der Waals surface area (Å²) >= 11 is 7.70. The Labute approximate surface area is 124 Å². The predicted octanol–water partition coefficient (Wildman–Crippen LogP) is 2.83. The van der Waals surface area contributed by atoms with E-state index in [2.05, 4.69) is 15.1 Å². The molecule has 5 nitrogen and oxygen atoms in total. The van der Waals surface area contributed by atoms with Crippen molar-refractivity contribution in [3.63, 3.8) is 0 Å². The van der Waals surface area contributed by atoms with Gasteiger partial charge in [0.05, 0.1) is 11.4 Å². The maximum Gasteiger partial charge on any atom is 0.251 e. The van der Waals surface area contributed by atoms with E-state index < -0.39 is 0 Å². The fourth-order valence-corrected chi connectivity index (χ4v) is 3.05. The maximum atomic E-state index is 11.4. The first-order valence-corrected chi connectivity index (χ1v) is 7.31. The third kappa shape index (κ3) is 2.57. The molecule has 0 radical (unpaired) electrons. The van der Waals surface area contributed by atoms with Crippen molar-refractivity contribution >= 4 is 34.3 Å². The van der Waals surface area contributed by atoms with Crippen LogP contribution < -0.4 is 5.56 Å². The molecule has 0 saturated heterocycles. The number of aryl methyl sites for hydroxylation is 1. The van der Waals surface area contributed by atoms with Gasteiger partial charge in [0.1, 0.15) is 16.0 Å². The molecule has 20 heavy (non-hydrogen) atoms. The lowest BCUT2D eigenvalue weighted by Crippen LogP contribution is -2.08. The van der Waals surface area contributed by atoms with E-state index in [0.29, 0.717) is 21.9 Å². The lowest BCUT2D eigenvalue weighted by molar-refractivity contribution is 0.760. The number of fused-ring (bicyclic) bond motifs is 1. The van der Waals surface area contributed by atoms with Crippen LogP contribution in [0.1, 0.15) is 5.82 Å². The van der Waals surface area contributed by atoms with Gasteiger partial charge in [0.15, 0.2) is 0 Å². The number of aromatic nitrogens is 4. The molecule has 1 N–H and O–H groups in total. The molecule has 0 bridgehead atoms. The average Bonchev–Trinajstić information content (AvgIpc) is 2.73. The number of H-pyrrole nitrogens is 1. The first-order valence-electron chi connectivity index (χ1n) is 5.95. The molecule has 3 aromatic rings. The fraction of sp³-hybridized carbons (Fsp3) is 0.154. The summed E-state index contributed by atoms with van der Waals surface area (Å²) in [5.41, 5.74) is 0.699. The highest BCUT2D eigenvalue weighted by Crippen LogP contribution is 2.25. The van der Waals surface area contributed by atoms with Crippen LogP contribution in [0.25, 0.3) is 10.9 Å². The molecule has 0 atom stereocenters. The van der Waals surface area contributed by atoms with Gasteiger partial charge >= 0.3 is 0 Å². The molecule has 2 heterocycles. The molecule has 2 aromatic heterocycles. The minimum atomic E-state index is -0.156. The van der Waals surface area contributed by atoms with Crippen LogP contribution in [0.15, 0.2) is 40.2 Å². The van der Waals surface area contributed by atoms with Crippen molar-refractivity contribution in [3.8, 4) is 0 Å². The maximum absolute atomic E-state index is 11.4. The van der Waals surface area contributed by atoms with Gasteiger partial charge in [0.2, 0.25) is 0 Å². The molecule has 3 rings (SSSR count). The number of nitrogens with one attached hydrogen (secondary N) is 1. The molecular formula is C13H11ClN4OS. The van der Waals surface area contributed by atoms with Crippen molar-refractivity contribution in [1.82, 2.24) is 19.7 Å². The standard InChI is InChI=1S/C13H11ClN4OS/c1-8-15-11(19)6-12(16-8)20-7-18-13(14)9-4-2-3-5-10(9)17-18/h2-6H,7H2,1H3,(H,15,16,19). The third-order valence-corrected chi connectivity index (χ3v) is 4.03. The van der Waals surface area contributed by atoms with Gasteiger partial charge in [-0.25, -0.2) is 9.67 Å². The third-order valence-electron chi connectivity index (χ3n) is 2.75. The van der Waals surface area contributed by atoms with E-state index in [1.807, 2.05) is 24.3 Å². The van der Waals surface area contributed by atoms with Crippen molar-refractivity contribution in [3.05, 3.63) is 51.7 Å². The fourth-order valence-electron chi connectivity index (χ4n) is 1.89. The summed E-state index contributed by atoms with van der Waals surface area (Å²) in [4.78, 5) is 18.2. The van der Waals surface area contributed by atoms with Crippen LogP contribution in [0, 0.1) is 6.92 Å². The molecule has 7 heteroatoms. The van der Waals surface area contributed by atoms with E-state index in [1.54, 1.807) is 11.6 Å². The zero-order valence-corrected chi connectivity index (χ0v) is 12.2. The molecule has 0 fully saturated rings. The lowest BCUT2D eigenvalue weighted by Gasteiger charge is -2.03. The Hall–Kier alpha value is -1.79. The first kappa shape index (κ1) is 13.2. The molecule has 0 aliphatic carbocycles. The molecule has 1 aromatic carbocycles. The average molecular weight is 307 g/mol. The molecule has 102 valence electrons. The molecule has 0 amide bonds. The van der Waals surface area contributed by atoms with Crippen molar-refractivity contribution in [2.75, 3.05) is 0 Å². The Balaban J connectivity index is 1.86. The molecule has 0 unspecified atom stereocenters. The second kappa shape index (κ2) is 5.30. The number of hydrogen-bond acceptors (Lipinski definition) is 4. The Kier molecular flexibility index (Phi) is 3.50. The van der Waals surface area contributed by atoms with E-state index in [9.17, 15) is 4.79 Å². The number of halogens is 1. The van der Waals surface area contributed by atoms with E-state index in [0.717, 1.165) is 10.9 Å². The zero-order chi connectivity index (χ0) is 14.1. The number of thioether (sulfide) groups is 1. The van der Waals surface area contributed by atoms with Gasteiger partial charge in [-0.05, 0) is 19.1 Å². The van der Waals surface area contributed by atoms with Crippen LogP contribution in [0.5, 0.6) is 0 Å². The molecular weight excluding hydrogens is 296 g/mol. The van der Waals surface area contributed by atoms with E-state index in [1.165, 1.54) is 17.8 Å². The summed E-state index contributed by atoms with van der Waals surface area (Å²) in [6.45, 7) is 1.75. The van der Waals surface area contributed by atoms with Crippen molar-refractivity contribution in [1.29, 1.82) is 0 Å². The monoisotopic (exact) mass is 306 g/mol. The Morgan fingerprint density at radius 2 is 2.20 bits per heavy atom. The topological polar surface area (TPSA) is 63.6 Å².